The van der Waals surface area contributed by atoms with Crippen LogP contribution in [0.4, 0.5) is 5.69 Å². The van der Waals surface area contributed by atoms with Crippen molar-refractivity contribution in [2.75, 3.05) is 5.32 Å². The highest BCUT2D eigenvalue weighted by atomic mass is 79.9. The number of carboxylic acids is 1. The molecule has 0 aromatic heterocycles. The molecule has 21 heavy (non-hydrogen) atoms. The van der Waals surface area contributed by atoms with Crippen molar-refractivity contribution in [3.05, 3.63) is 62.6 Å². The standard InChI is InChI=1S/C15H11BrClNO3/c1-8-6-9(2-4-12(8)16)14(19)18-13-5-3-10(17)7-11(13)15(20)21/h2-7H,1H3,(H,18,19)(H,20,21). The van der Waals surface area contributed by atoms with Crippen LogP contribution in [-0.2, 0) is 0 Å². The van der Waals surface area contributed by atoms with Crippen LogP contribution in [0.3, 0.4) is 0 Å². The first kappa shape index (κ1) is 15.5. The molecule has 6 heteroatoms. The number of hydrogen-bond donors (Lipinski definition) is 2. The van der Waals surface area contributed by atoms with E-state index < -0.39 is 5.97 Å². The zero-order chi connectivity index (χ0) is 15.6. The first-order valence-corrected chi connectivity index (χ1v) is 7.16. The molecule has 0 aliphatic heterocycles. The first-order valence-electron chi connectivity index (χ1n) is 5.99. The topological polar surface area (TPSA) is 66.4 Å². The van der Waals surface area contributed by atoms with Gasteiger partial charge in [0.1, 0.15) is 0 Å². The third kappa shape index (κ3) is 3.62. The Morgan fingerprint density at radius 1 is 1.19 bits per heavy atom. The van der Waals surface area contributed by atoms with Gasteiger partial charge in [0.05, 0.1) is 11.3 Å². The predicted octanol–water partition coefficient (Wildman–Crippen LogP) is 4.36. The molecule has 0 bridgehead atoms. The number of rotatable bonds is 3. The third-order valence-corrected chi connectivity index (χ3v) is 4.01. The zero-order valence-electron chi connectivity index (χ0n) is 11.0. The van der Waals surface area contributed by atoms with E-state index >= 15 is 0 Å². The largest absolute Gasteiger partial charge is 0.478 e. The Morgan fingerprint density at radius 3 is 2.52 bits per heavy atom. The van der Waals surface area contributed by atoms with Crippen LogP contribution in [0.1, 0.15) is 26.3 Å². The number of nitrogens with one attached hydrogen (secondary N) is 1. The van der Waals surface area contributed by atoms with Crippen molar-refractivity contribution < 1.29 is 14.7 Å². The van der Waals surface area contributed by atoms with Crippen molar-refractivity contribution in [3.8, 4) is 0 Å². The lowest BCUT2D eigenvalue weighted by Gasteiger charge is -2.09. The molecule has 0 spiro atoms. The van der Waals surface area contributed by atoms with Gasteiger partial charge in [-0.1, -0.05) is 27.5 Å². The molecule has 2 rings (SSSR count). The van der Waals surface area contributed by atoms with Gasteiger partial charge >= 0.3 is 5.97 Å². The van der Waals surface area contributed by atoms with Gasteiger partial charge in [0, 0.05) is 15.1 Å². The molecule has 0 radical (unpaired) electrons. The summed E-state index contributed by atoms with van der Waals surface area (Å²) in [5.74, 6) is -1.53. The van der Waals surface area contributed by atoms with Crippen molar-refractivity contribution in [1.29, 1.82) is 0 Å². The minimum absolute atomic E-state index is 0.0512. The third-order valence-electron chi connectivity index (χ3n) is 2.88. The molecule has 0 fully saturated rings. The number of anilines is 1. The molecule has 0 aliphatic carbocycles. The summed E-state index contributed by atoms with van der Waals surface area (Å²) in [6, 6.07) is 9.43. The second-order valence-corrected chi connectivity index (χ2v) is 5.70. The number of aromatic carboxylic acids is 1. The molecule has 2 N–H and O–H groups in total. The van der Waals surface area contributed by atoms with Crippen LogP contribution >= 0.6 is 27.5 Å². The van der Waals surface area contributed by atoms with Gasteiger partial charge in [-0.3, -0.25) is 4.79 Å². The summed E-state index contributed by atoms with van der Waals surface area (Å²) in [6.07, 6.45) is 0. The van der Waals surface area contributed by atoms with Crippen molar-refractivity contribution in [3.63, 3.8) is 0 Å². The summed E-state index contributed by atoms with van der Waals surface area (Å²) < 4.78 is 0.900. The van der Waals surface area contributed by atoms with E-state index in [4.69, 9.17) is 16.7 Å². The number of carbonyl (C=O) groups excluding carboxylic acids is 1. The van der Waals surface area contributed by atoms with Gasteiger partial charge in [-0.15, -0.1) is 0 Å². The van der Waals surface area contributed by atoms with Crippen LogP contribution in [0.15, 0.2) is 40.9 Å². The van der Waals surface area contributed by atoms with Crippen LogP contribution in [0.2, 0.25) is 5.02 Å². The average molecular weight is 369 g/mol. The number of aryl methyl sites for hydroxylation is 1. The van der Waals surface area contributed by atoms with E-state index in [1.54, 1.807) is 18.2 Å². The second kappa shape index (κ2) is 6.28. The molecular weight excluding hydrogens is 358 g/mol. The molecule has 4 nitrogen and oxygen atoms in total. The average Bonchev–Trinajstić information content (AvgIpc) is 2.43. The highest BCUT2D eigenvalue weighted by Crippen LogP contribution is 2.22. The van der Waals surface area contributed by atoms with Gasteiger partial charge in [-0.05, 0) is 48.9 Å². The number of amides is 1. The highest BCUT2D eigenvalue weighted by Gasteiger charge is 2.14. The Labute approximate surface area is 134 Å². The molecule has 0 unspecified atom stereocenters. The lowest BCUT2D eigenvalue weighted by Crippen LogP contribution is -2.15. The van der Waals surface area contributed by atoms with Crippen LogP contribution in [0.25, 0.3) is 0 Å². The second-order valence-electron chi connectivity index (χ2n) is 4.41. The molecule has 1 amide bonds. The zero-order valence-corrected chi connectivity index (χ0v) is 13.3. The van der Waals surface area contributed by atoms with E-state index in [-0.39, 0.29) is 17.2 Å². The quantitative estimate of drug-likeness (QED) is 0.846. The number of benzene rings is 2. The fourth-order valence-corrected chi connectivity index (χ4v) is 2.20. The summed E-state index contributed by atoms with van der Waals surface area (Å²) in [6.45, 7) is 1.87. The van der Waals surface area contributed by atoms with E-state index in [1.807, 2.05) is 6.92 Å². The lowest BCUT2D eigenvalue weighted by molar-refractivity contribution is 0.0698. The number of hydrogen-bond acceptors (Lipinski definition) is 2. The maximum absolute atomic E-state index is 12.2. The first-order chi connectivity index (χ1) is 9.88. The predicted molar refractivity (Wildman–Crippen MR) is 85.2 cm³/mol. The van der Waals surface area contributed by atoms with Gasteiger partial charge in [-0.25, -0.2) is 4.79 Å². The van der Waals surface area contributed by atoms with Crippen molar-refractivity contribution >= 4 is 45.1 Å². The van der Waals surface area contributed by atoms with E-state index in [9.17, 15) is 9.59 Å². The lowest BCUT2D eigenvalue weighted by atomic mass is 10.1. The molecular formula is C15H11BrClNO3. The minimum atomic E-state index is -1.15. The van der Waals surface area contributed by atoms with E-state index in [2.05, 4.69) is 21.2 Å². The maximum Gasteiger partial charge on any atom is 0.337 e. The van der Waals surface area contributed by atoms with Gasteiger partial charge in [0.2, 0.25) is 0 Å². The van der Waals surface area contributed by atoms with E-state index in [0.29, 0.717) is 10.6 Å². The normalized spacial score (nSPS) is 10.2. The molecule has 2 aromatic carbocycles. The van der Waals surface area contributed by atoms with Crippen LogP contribution < -0.4 is 5.32 Å². The van der Waals surface area contributed by atoms with Gasteiger partial charge < -0.3 is 10.4 Å². The minimum Gasteiger partial charge on any atom is -0.478 e. The van der Waals surface area contributed by atoms with Gasteiger partial charge in [0.15, 0.2) is 0 Å². The number of halogens is 2. The number of carbonyl (C=O) groups is 2. The Kier molecular flexibility index (Phi) is 4.65. The molecule has 108 valence electrons. The fraction of sp³-hybridized carbons (Fsp3) is 0.0667. The fourth-order valence-electron chi connectivity index (χ4n) is 1.78. The maximum atomic E-state index is 12.2. The van der Waals surface area contributed by atoms with Gasteiger partial charge in [0.25, 0.3) is 5.91 Å². The van der Waals surface area contributed by atoms with Crippen LogP contribution in [0, 0.1) is 6.92 Å². The highest BCUT2D eigenvalue weighted by molar-refractivity contribution is 9.10. The monoisotopic (exact) mass is 367 g/mol. The Morgan fingerprint density at radius 2 is 1.90 bits per heavy atom. The molecule has 0 saturated carbocycles. The smallest absolute Gasteiger partial charge is 0.337 e. The van der Waals surface area contributed by atoms with Crippen molar-refractivity contribution in [2.24, 2.45) is 0 Å². The molecule has 0 atom stereocenters. The molecule has 0 saturated heterocycles. The van der Waals surface area contributed by atoms with Crippen LogP contribution in [-0.4, -0.2) is 17.0 Å². The molecule has 2 aromatic rings. The molecule has 0 heterocycles. The summed E-state index contributed by atoms with van der Waals surface area (Å²) in [7, 11) is 0. The Balaban J connectivity index is 2.31. The van der Waals surface area contributed by atoms with Crippen LogP contribution in [0.5, 0.6) is 0 Å². The number of carboxylic acid groups (broad SMARTS) is 1. The summed E-state index contributed by atoms with van der Waals surface area (Å²) >= 11 is 9.13. The Hall–Kier alpha value is -1.85. The van der Waals surface area contributed by atoms with E-state index in [1.165, 1.54) is 18.2 Å². The van der Waals surface area contributed by atoms with Crippen molar-refractivity contribution in [1.82, 2.24) is 0 Å². The molecule has 0 aliphatic rings. The Bertz CT molecular complexity index is 731. The SMILES string of the molecule is Cc1cc(C(=O)Nc2ccc(Cl)cc2C(=O)O)ccc1Br. The van der Waals surface area contributed by atoms with E-state index in [0.717, 1.165) is 10.0 Å². The summed E-state index contributed by atoms with van der Waals surface area (Å²) in [5, 5.41) is 12.0. The van der Waals surface area contributed by atoms with Crippen molar-refractivity contribution in [2.45, 2.75) is 6.92 Å². The van der Waals surface area contributed by atoms with Gasteiger partial charge in [-0.2, -0.15) is 0 Å². The summed E-state index contributed by atoms with van der Waals surface area (Å²) in [4.78, 5) is 23.4. The summed E-state index contributed by atoms with van der Waals surface area (Å²) in [5.41, 5.74) is 1.52.